The molecule has 2 aromatic heterocycles. The normalized spacial score (nSPS) is 12.3. The standard InChI is InChI=1S/C18H31N5O3.ClH/c1-14(24)9-5-8-12-23-17(25)15-16(20-13-21(15)2)22(18(23)26)11-7-4-3-6-10-19;/h13-14,24H,3-12,19H2,1-2H3;1H. The van der Waals surface area contributed by atoms with Crippen LogP contribution < -0.4 is 17.0 Å². The smallest absolute Gasteiger partial charge is 0.332 e. The summed E-state index contributed by atoms with van der Waals surface area (Å²) < 4.78 is 4.61. The number of aliphatic hydroxyl groups excluding tert-OH is 1. The molecule has 154 valence electrons. The summed E-state index contributed by atoms with van der Waals surface area (Å²) in [6.45, 7) is 3.33. The third kappa shape index (κ3) is 5.92. The molecule has 0 fully saturated rings. The molecule has 0 saturated carbocycles. The second-order valence-electron chi connectivity index (χ2n) is 6.97. The fourth-order valence-corrected chi connectivity index (χ4v) is 3.19. The van der Waals surface area contributed by atoms with Gasteiger partial charge in [0.15, 0.2) is 11.2 Å². The van der Waals surface area contributed by atoms with Gasteiger partial charge in [-0.05, 0) is 45.6 Å². The first-order valence-electron chi connectivity index (χ1n) is 9.50. The van der Waals surface area contributed by atoms with Gasteiger partial charge in [-0.25, -0.2) is 9.78 Å². The highest BCUT2D eigenvalue weighted by Gasteiger charge is 2.16. The maximum absolute atomic E-state index is 12.9. The van der Waals surface area contributed by atoms with Crippen LogP contribution in [0.5, 0.6) is 0 Å². The lowest BCUT2D eigenvalue weighted by atomic mass is 10.2. The van der Waals surface area contributed by atoms with E-state index in [0.29, 0.717) is 43.6 Å². The van der Waals surface area contributed by atoms with E-state index < -0.39 is 0 Å². The van der Waals surface area contributed by atoms with Gasteiger partial charge in [-0.1, -0.05) is 12.8 Å². The number of nitrogens with two attached hydrogens (primary N) is 1. The molecular formula is C18H32ClN5O3. The van der Waals surface area contributed by atoms with Crippen LogP contribution in [0.4, 0.5) is 0 Å². The summed E-state index contributed by atoms with van der Waals surface area (Å²) in [6.07, 6.45) is 7.19. The van der Waals surface area contributed by atoms with Crippen molar-refractivity contribution in [1.82, 2.24) is 18.7 Å². The summed E-state index contributed by atoms with van der Waals surface area (Å²) >= 11 is 0. The Hall–Kier alpha value is -1.64. The number of hydrogen-bond acceptors (Lipinski definition) is 5. The Kier molecular flexibility index (Phi) is 9.76. The number of fused-ring (bicyclic) bond motifs is 1. The van der Waals surface area contributed by atoms with Crippen molar-refractivity contribution in [1.29, 1.82) is 0 Å². The number of imidazole rings is 1. The number of hydrogen-bond donors (Lipinski definition) is 2. The van der Waals surface area contributed by atoms with Crippen molar-refractivity contribution in [3.05, 3.63) is 27.2 Å². The summed E-state index contributed by atoms with van der Waals surface area (Å²) in [5.74, 6) is 0. The Bertz CT molecular complexity index is 825. The van der Waals surface area contributed by atoms with Crippen molar-refractivity contribution in [2.24, 2.45) is 12.8 Å². The van der Waals surface area contributed by atoms with Gasteiger partial charge in [0.1, 0.15) is 0 Å². The van der Waals surface area contributed by atoms with Crippen LogP contribution in [0.15, 0.2) is 15.9 Å². The predicted molar refractivity (Wildman–Crippen MR) is 110 cm³/mol. The van der Waals surface area contributed by atoms with E-state index in [1.807, 2.05) is 0 Å². The fraction of sp³-hybridized carbons (Fsp3) is 0.722. The summed E-state index contributed by atoms with van der Waals surface area (Å²) in [4.78, 5) is 29.9. The monoisotopic (exact) mass is 401 g/mol. The van der Waals surface area contributed by atoms with Gasteiger partial charge in [-0.2, -0.15) is 0 Å². The molecule has 9 heteroatoms. The molecule has 0 aliphatic heterocycles. The lowest BCUT2D eigenvalue weighted by molar-refractivity contribution is 0.180. The van der Waals surface area contributed by atoms with Crippen LogP contribution in [0.3, 0.4) is 0 Å². The topological polar surface area (TPSA) is 108 Å². The molecule has 0 aliphatic rings. The Morgan fingerprint density at radius 2 is 1.70 bits per heavy atom. The molecule has 8 nitrogen and oxygen atoms in total. The van der Waals surface area contributed by atoms with Gasteiger partial charge < -0.3 is 15.4 Å². The van der Waals surface area contributed by atoms with Crippen LogP contribution >= 0.6 is 12.4 Å². The van der Waals surface area contributed by atoms with Crippen LogP contribution in [0.2, 0.25) is 0 Å². The van der Waals surface area contributed by atoms with E-state index in [0.717, 1.165) is 32.1 Å². The minimum Gasteiger partial charge on any atom is -0.393 e. The quantitative estimate of drug-likeness (QED) is 0.553. The van der Waals surface area contributed by atoms with Crippen molar-refractivity contribution in [3.8, 4) is 0 Å². The van der Waals surface area contributed by atoms with Crippen LogP contribution in [0.25, 0.3) is 11.2 Å². The molecule has 2 aromatic rings. The average Bonchev–Trinajstić information content (AvgIpc) is 2.98. The second kappa shape index (κ2) is 11.3. The Morgan fingerprint density at radius 1 is 1.07 bits per heavy atom. The largest absolute Gasteiger partial charge is 0.393 e. The maximum atomic E-state index is 12.9. The molecule has 0 aliphatic carbocycles. The van der Waals surface area contributed by atoms with Gasteiger partial charge in [0.2, 0.25) is 0 Å². The number of halogens is 1. The Morgan fingerprint density at radius 3 is 2.37 bits per heavy atom. The third-order valence-electron chi connectivity index (χ3n) is 4.67. The minimum absolute atomic E-state index is 0. The number of aliphatic hydroxyl groups is 1. The maximum Gasteiger partial charge on any atom is 0.332 e. The first-order valence-corrected chi connectivity index (χ1v) is 9.50. The lowest BCUT2D eigenvalue weighted by Gasteiger charge is -2.12. The van der Waals surface area contributed by atoms with E-state index in [1.54, 1.807) is 29.4 Å². The lowest BCUT2D eigenvalue weighted by Crippen LogP contribution is -2.40. The molecule has 3 N–H and O–H groups in total. The van der Waals surface area contributed by atoms with Crippen LogP contribution in [-0.4, -0.2) is 36.4 Å². The minimum atomic E-state index is -0.364. The van der Waals surface area contributed by atoms with Crippen LogP contribution in [-0.2, 0) is 20.1 Å². The van der Waals surface area contributed by atoms with E-state index in [9.17, 15) is 14.7 Å². The summed E-state index contributed by atoms with van der Waals surface area (Å²) in [7, 11) is 1.77. The van der Waals surface area contributed by atoms with Crippen molar-refractivity contribution < 1.29 is 5.11 Å². The van der Waals surface area contributed by atoms with E-state index in [-0.39, 0.29) is 29.8 Å². The molecule has 0 bridgehead atoms. The third-order valence-corrected chi connectivity index (χ3v) is 4.67. The molecule has 1 atom stereocenters. The molecular weight excluding hydrogens is 370 g/mol. The van der Waals surface area contributed by atoms with Gasteiger partial charge >= 0.3 is 5.69 Å². The summed E-state index contributed by atoms with van der Waals surface area (Å²) in [5.41, 5.74) is 5.85. The predicted octanol–water partition coefficient (Wildman–Crippen LogP) is 1.39. The van der Waals surface area contributed by atoms with Gasteiger partial charge in [0.25, 0.3) is 5.56 Å². The first-order chi connectivity index (χ1) is 12.5. The van der Waals surface area contributed by atoms with Crippen molar-refractivity contribution >= 4 is 23.6 Å². The summed E-state index contributed by atoms with van der Waals surface area (Å²) in [5, 5.41) is 9.36. The number of nitrogens with zero attached hydrogens (tertiary/aromatic N) is 4. The Balaban J connectivity index is 0.00000364. The number of unbranched alkanes of at least 4 members (excludes halogenated alkanes) is 4. The van der Waals surface area contributed by atoms with Crippen molar-refractivity contribution in [2.75, 3.05) is 6.54 Å². The van der Waals surface area contributed by atoms with E-state index in [2.05, 4.69) is 4.98 Å². The zero-order valence-corrected chi connectivity index (χ0v) is 17.1. The molecule has 2 rings (SSSR count). The SMILES string of the molecule is CC(O)CCCCn1c(=O)c2c(ncn2C)n(CCCCCCN)c1=O.Cl. The van der Waals surface area contributed by atoms with Gasteiger partial charge in [0.05, 0.1) is 12.4 Å². The van der Waals surface area contributed by atoms with Gasteiger partial charge in [-0.15, -0.1) is 12.4 Å². The molecule has 0 radical (unpaired) electrons. The van der Waals surface area contributed by atoms with Gasteiger partial charge in [0, 0.05) is 20.1 Å². The van der Waals surface area contributed by atoms with Crippen molar-refractivity contribution in [2.45, 2.75) is 71.1 Å². The fourth-order valence-electron chi connectivity index (χ4n) is 3.19. The van der Waals surface area contributed by atoms with E-state index in [1.165, 1.54) is 4.57 Å². The molecule has 0 saturated heterocycles. The number of aryl methyl sites for hydroxylation is 2. The van der Waals surface area contributed by atoms with Gasteiger partial charge in [-0.3, -0.25) is 13.9 Å². The zero-order valence-electron chi connectivity index (χ0n) is 16.3. The average molecular weight is 402 g/mol. The molecule has 0 aromatic carbocycles. The van der Waals surface area contributed by atoms with E-state index >= 15 is 0 Å². The van der Waals surface area contributed by atoms with Crippen LogP contribution in [0.1, 0.15) is 51.9 Å². The molecule has 27 heavy (non-hydrogen) atoms. The van der Waals surface area contributed by atoms with Crippen molar-refractivity contribution in [3.63, 3.8) is 0 Å². The first kappa shape index (κ1) is 23.4. The Labute approximate surface area is 165 Å². The molecule has 0 spiro atoms. The number of rotatable bonds is 11. The highest BCUT2D eigenvalue weighted by atomic mass is 35.5. The zero-order chi connectivity index (χ0) is 19.1. The summed E-state index contributed by atoms with van der Waals surface area (Å²) in [6, 6.07) is 0. The molecule has 2 heterocycles. The number of aromatic nitrogens is 4. The van der Waals surface area contributed by atoms with Crippen LogP contribution in [0, 0.1) is 0 Å². The highest BCUT2D eigenvalue weighted by Crippen LogP contribution is 2.08. The highest BCUT2D eigenvalue weighted by molar-refractivity contribution is 5.85. The second-order valence-corrected chi connectivity index (χ2v) is 6.97. The molecule has 0 amide bonds. The molecule has 1 unspecified atom stereocenters. The van der Waals surface area contributed by atoms with E-state index in [4.69, 9.17) is 5.73 Å².